The summed E-state index contributed by atoms with van der Waals surface area (Å²) in [4.78, 5) is 14.4. The van der Waals surface area contributed by atoms with Gasteiger partial charge in [0.2, 0.25) is 5.89 Å². The van der Waals surface area contributed by atoms with Gasteiger partial charge >= 0.3 is 0 Å². The highest BCUT2D eigenvalue weighted by Crippen LogP contribution is 2.45. The lowest BCUT2D eigenvalue weighted by Gasteiger charge is -2.19. The number of hydrogen-bond acceptors (Lipinski definition) is 6. The van der Waals surface area contributed by atoms with Crippen molar-refractivity contribution in [2.45, 2.75) is 6.23 Å². The maximum absolute atomic E-state index is 5.86. The van der Waals surface area contributed by atoms with E-state index in [1.54, 1.807) is 18.7 Å². The van der Waals surface area contributed by atoms with Crippen molar-refractivity contribution in [2.75, 3.05) is 0 Å². The van der Waals surface area contributed by atoms with E-state index in [0.717, 1.165) is 77.4 Å². The van der Waals surface area contributed by atoms with Crippen LogP contribution in [0.1, 0.15) is 11.8 Å². The SMILES string of the molecule is C1=COC(c2ccnc(-c3c4ccccc4c(-c4cc(-c5ncco5)ccn4)c4ccc(-c5cc(-c6ccccc6)cc(-c6ccccc6)c5)cc34)c2)N1. The van der Waals surface area contributed by atoms with Gasteiger partial charge in [-0.1, -0.05) is 97.1 Å². The van der Waals surface area contributed by atoms with Crippen LogP contribution in [0.15, 0.2) is 187 Å². The van der Waals surface area contributed by atoms with Crippen LogP contribution in [-0.4, -0.2) is 15.0 Å². The van der Waals surface area contributed by atoms with Crippen molar-refractivity contribution in [3.8, 4) is 67.3 Å². The van der Waals surface area contributed by atoms with Gasteiger partial charge in [-0.05, 0) is 103 Å². The van der Waals surface area contributed by atoms with Crippen molar-refractivity contribution in [3.05, 3.63) is 188 Å². The molecule has 9 aromatic rings. The summed E-state index contributed by atoms with van der Waals surface area (Å²) in [6, 6.07) is 51.4. The predicted molar refractivity (Wildman–Crippen MR) is 216 cm³/mol. The van der Waals surface area contributed by atoms with Crippen molar-refractivity contribution < 1.29 is 9.15 Å². The zero-order chi connectivity index (χ0) is 35.8. The highest BCUT2D eigenvalue weighted by molar-refractivity contribution is 6.21. The second kappa shape index (κ2) is 13.3. The summed E-state index contributed by atoms with van der Waals surface area (Å²) < 4.78 is 11.6. The lowest BCUT2D eigenvalue weighted by molar-refractivity contribution is 0.154. The van der Waals surface area contributed by atoms with Crippen LogP contribution in [0.3, 0.4) is 0 Å². The smallest absolute Gasteiger partial charge is 0.225 e. The van der Waals surface area contributed by atoms with E-state index in [1.807, 2.05) is 30.7 Å². The number of ether oxygens (including phenoxy) is 1. The van der Waals surface area contributed by atoms with Crippen molar-refractivity contribution in [3.63, 3.8) is 0 Å². The minimum absolute atomic E-state index is 0.279. The molecule has 54 heavy (non-hydrogen) atoms. The van der Waals surface area contributed by atoms with E-state index in [0.29, 0.717) is 5.89 Å². The first-order valence-electron chi connectivity index (χ1n) is 17.9. The van der Waals surface area contributed by atoms with Crippen LogP contribution in [0.25, 0.3) is 88.9 Å². The third kappa shape index (κ3) is 5.67. The molecule has 1 aliphatic heterocycles. The molecule has 1 atom stereocenters. The average molecular weight is 697 g/mol. The van der Waals surface area contributed by atoms with Crippen molar-refractivity contribution in [2.24, 2.45) is 0 Å². The standard InChI is InChI=1S/C48H32N4O2/c1-3-9-31(10-4-1)36-25-37(32-11-5-2-6-12-32)27-38(26-36)33-15-16-41-42(28-33)46(44-30-35(18-20-50-44)48-52-22-24-54-48)40-14-8-7-13-39(40)45(41)43-29-34(17-19-49-43)47-51-21-23-53-47/h1-30,48,52H. The van der Waals surface area contributed by atoms with Gasteiger partial charge in [0, 0.05) is 40.8 Å². The molecule has 0 saturated carbocycles. The fourth-order valence-corrected chi connectivity index (χ4v) is 7.57. The number of aromatic nitrogens is 3. The van der Waals surface area contributed by atoms with Crippen LogP contribution in [0.4, 0.5) is 0 Å². The fraction of sp³-hybridized carbons (Fsp3) is 0.0208. The number of pyridine rings is 2. The molecule has 1 unspecified atom stereocenters. The maximum Gasteiger partial charge on any atom is 0.225 e. The Balaban J connectivity index is 1.25. The lowest BCUT2D eigenvalue weighted by atomic mass is 9.86. The molecule has 3 aromatic heterocycles. The first-order chi connectivity index (χ1) is 26.8. The van der Waals surface area contributed by atoms with Crippen LogP contribution < -0.4 is 5.32 Å². The lowest BCUT2D eigenvalue weighted by Crippen LogP contribution is -2.11. The van der Waals surface area contributed by atoms with Gasteiger partial charge in [0.15, 0.2) is 6.23 Å². The molecular weight excluding hydrogens is 665 g/mol. The summed E-state index contributed by atoms with van der Waals surface area (Å²) >= 11 is 0. The van der Waals surface area contributed by atoms with Crippen LogP contribution in [-0.2, 0) is 4.74 Å². The molecule has 0 bridgehead atoms. The molecule has 0 radical (unpaired) electrons. The summed E-state index contributed by atoms with van der Waals surface area (Å²) in [7, 11) is 0. The third-order valence-corrected chi connectivity index (χ3v) is 10.1. The van der Waals surface area contributed by atoms with Crippen LogP contribution in [0.2, 0.25) is 0 Å². The van der Waals surface area contributed by atoms with E-state index < -0.39 is 0 Å². The van der Waals surface area contributed by atoms with Gasteiger partial charge in [0.05, 0.1) is 17.6 Å². The summed E-state index contributed by atoms with van der Waals surface area (Å²) in [5, 5.41) is 7.58. The van der Waals surface area contributed by atoms with Gasteiger partial charge in [-0.3, -0.25) is 9.97 Å². The Kier molecular flexibility index (Phi) is 7.77. The first kappa shape index (κ1) is 31.4. The number of oxazole rings is 1. The summed E-state index contributed by atoms with van der Waals surface area (Å²) in [6.07, 6.45) is 10.2. The van der Waals surface area contributed by atoms with Crippen molar-refractivity contribution in [1.29, 1.82) is 0 Å². The molecule has 0 saturated heterocycles. The Labute approximate surface area is 312 Å². The predicted octanol–water partition coefficient (Wildman–Crippen LogP) is 11.9. The summed E-state index contributed by atoms with van der Waals surface area (Å²) in [5.41, 5.74) is 12.5. The number of nitrogens with one attached hydrogen (secondary N) is 1. The maximum atomic E-state index is 5.86. The second-order valence-corrected chi connectivity index (χ2v) is 13.3. The average Bonchev–Trinajstić information content (AvgIpc) is 4.00. The number of nitrogens with zero attached hydrogens (tertiary/aromatic N) is 3. The second-order valence-electron chi connectivity index (χ2n) is 13.3. The van der Waals surface area contributed by atoms with Gasteiger partial charge < -0.3 is 14.5 Å². The van der Waals surface area contributed by atoms with Crippen molar-refractivity contribution >= 4 is 21.5 Å². The highest BCUT2D eigenvalue weighted by atomic mass is 16.5. The fourth-order valence-electron chi connectivity index (χ4n) is 7.57. The topological polar surface area (TPSA) is 73.1 Å². The summed E-state index contributed by atoms with van der Waals surface area (Å²) in [5.74, 6) is 0.553. The largest absolute Gasteiger partial charge is 0.473 e. The van der Waals surface area contributed by atoms with Gasteiger partial charge in [0.1, 0.15) is 12.5 Å². The van der Waals surface area contributed by atoms with E-state index in [9.17, 15) is 0 Å². The normalized spacial score (nSPS) is 13.6. The molecule has 6 aromatic carbocycles. The Morgan fingerprint density at radius 1 is 0.444 bits per heavy atom. The molecule has 0 spiro atoms. The Hall–Kier alpha value is -7.31. The number of rotatable bonds is 7. The molecular formula is C48H32N4O2. The monoisotopic (exact) mass is 696 g/mol. The molecule has 6 heteroatoms. The Bertz CT molecular complexity index is 2770. The molecule has 0 amide bonds. The molecule has 0 aliphatic carbocycles. The van der Waals surface area contributed by atoms with E-state index in [4.69, 9.17) is 19.1 Å². The quantitative estimate of drug-likeness (QED) is 0.167. The van der Waals surface area contributed by atoms with E-state index in [-0.39, 0.29) is 6.23 Å². The van der Waals surface area contributed by atoms with Crippen molar-refractivity contribution in [1.82, 2.24) is 20.3 Å². The van der Waals surface area contributed by atoms with Crippen LogP contribution in [0.5, 0.6) is 0 Å². The number of fused-ring (bicyclic) bond motifs is 2. The van der Waals surface area contributed by atoms with Crippen LogP contribution in [0, 0.1) is 0 Å². The third-order valence-electron chi connectivity index (χ3n) is 10.1. The van der Waals surface area contributed by atoms with Gasteiger partial charge in [-0.2, -0.15) is 0 Å². The zero-order valence-electron chi connectivity index (χ0n) is 29.1. The molecule has 1 N–H and O–H groups in total. The minimum Gasteiger partial charge on any atom is -0.473 e. The first-order valence-corrected chi connectivity index (χ1v) is 17.9. The summed E-state index contributed by atoms with van der Waals surface area (Å²) in [6.45, 7) is 0. The molecule has 10 rings (SSSR count). The molecule has 4 heterocycles. The molecule has 6 nitrogen and oxygen atoms in total. The van der Waals surface area contributed by atoms with E-state index >= 15 is 0 Å². The number of hydrogen-bond donors (Lipinski definition) is 1. The number of benzene rings is 6. The van der Waals surface area contributed by atoms with E-state index in [2.05, 4.69) is 144 Å². The molecule has 256 valence electrons. The minimum atomic E-state index is -0.279. The van der Waals surface area contributed by atoms with Crippen LogP contribution >= 0.6 is 0 Å². The molecule has 1 aliphatic rings. The zero-order valence-corrected chi connectivity index (χ0v) is 29.1. The van der Waals surface area contributed by atoms with Gasteiger partial charge in [-0.15, -0.1) is 0 Å². The Morgan fingerprint density at radius 3 is 1.70 bits per heavy atom. The van der Waals surface area contributed by atoms with Gasteiger partial charge in [-0.25, -0.2) is 4.98 Å². The van der Waals surface area contributed by atoms with Gasteiger partial charge in [0.25, 0.3) is 0 Å². The van der Waals surface area contributed by atoms with E-state index in [1.165, 1.54) is 11.1 Å². The Morgan fingerprint density at radius 2 is 1.06 bits per heavy atom. The highest BCUT2D eigenvalue weighted by Gasteiger charge is 2.22. The molecule has 0 fully saturated rings.